The van der Waals surface area contributed by atoms with Gasteiger partial charge in [0.15, 0.2) is 5.76 Å². The molecule has 1 N–H and O–H groups in total. The molecule has 2 heterocycles. The number of nitrogens with one attached hydrogen (secondary N) is 1. The van der Waals surface area contributed by atoms with E-state index < -0.39 is 21.8 Å². The minimum atomic E-state index is -4.58. The first-order valence-corrected chi connectivity index (χ1v) is 8.37. The number of nitrogens with zero attached hydrogens (tertiary/aromatic N) is 1. The normalized spacial score (nSPS) is 12.3. The summed E-state index contributed by atoms with van der Waals surface area (Å²) in [5.41, 5.74) is -1.17. The molecule has 0 fully saturated rings. The summed E-state index contributed by atoms with van der Waals surface area (Å²) < 4.78 is 75.5. The first-order valence-electron chi connectivity index (χ1n) is 6.88. The molecule has 10 heteroatoms. The van der Waals surface area contributed by atoms with Crippen LogP contribution in [0.5, 0.6) is 0 Å². The Kier molecular flexibility index (Phi) is 4.07. The van der Waals surface area contributed by atoms with E-state index in [9.17, 15) is 21.6 Å². The fourth-order valence-electron chi connectivity index (χ4n) is 2.17. The first-order chi connectivity index (χ1) is 11.7. The van der Waals surface area contributed by atoms with Crippen molar-refractivity contribution < 1.29 is 30.5 Å². The van der Waals surface area contributed by atoms with Gasteiger partial charge in [0.2, 0.25) is 5.76 Å². The second kappa shape index (κ2) is 5.96. The van der Waals surface area contributed by atoms with Gasteiger partial charge in [0.05, 0.1) is 11.8 Å². The van der Waals surface area contributed by atoms with Gasteiger partial charge in [-0.2, -0.15) is 13.2 Å². The van der Waals surface area contributed by atoms with Crippen molar-refractivity contribution in [2.24, 2.45) is 0 Å². The zero-order valence-corrected chi connectivity index (χ0v) is 13.5. The monoisotopic (exact) mass is 372 g/mol. The summed E-state index contributed by atoms with van der Waals surface area (Å²) in [6, 6.07) is 6.59. The lowest BCUT2D eigenvalue weighted by atomic mass is 10.2. The lowest BCUT2D eigenvalue weighted by molar-refractivity contribution is -0.137. The molecule has 6 nitrogen and oxygen atoms in total. The predicted molar refractivity (Wildman–Crippen MR) is 81.2 cm³/mol. The van der Waals surface area contributed by atoms with Gasteiger partial charge in [-0.05, 0) is 25.1 Å². The van der Waals surface area contributed by atoms with Crippen LogP contribution in [-0.2, 0) is 16.2 Å². The fourth-order valence-corrected chi connectivity index (χ4v) is 3.40. The molecule has 0 aliphatic rings. The fraction of sp³-hybridized carbons (Fsp3) is 0.133. The van der Waals surface area contributed by atoms with Gasteiger partial charge in [-0.25, -0.2) is 8.42 Å². The summed E-state index contributed by atoms with van der Waals surface area (Å²) >= 11 is 0. The Bertz CT molecular complexity index is 992. The number of rotatable bonds is 4. The van der Waals surface area contributed by atoms with Crippen LogP contribution in [0.25, 0.3) is 11.5 Å². The first kappa shape index (κ1) is 17.1. The number of aromatic nitrogens is 1. The van der Waals surface area contributed by atoms with E-state index in [0.717, 1.165) is 12.1 Å². The number of sulfonamides is 1. The number of hydrogen-bond acceptors (Lipinski definition) is 5. The van der Waals surface area contributed by atoms with Crippen LogP contribution in [0.3, 0.4) is 0 Å². The van der Waals surface area contributed by atoms with Gasteiger partial charge in [-0.3, -0.25) is 4.72 Å². The largest absolute Gasteiger partial charge is 0.456 e. The zero-order valence-electron chi connectivity index (χ0n) is 12.7. The molecule has 0 spiro atoms. The maximum atomic E-state index is 12.7. The van der Waals surface area contributed by atoms with Crippen LogP contribution in [0.4, 0.5) is 18.9 Å². The van der Waals surface area contributed by atoms with Crippen LogP contribution in [0, 0.1) is 6.92 Å². The molecule has 0 atom stereocenters. The number of furan rings is 1. The van der Waals surface area contributed by atoms with Crippen LogP contribution >= 0.6 is 0 Å². The second-order valence-electron chi connectivity index (χ2n) is 5.09. The Morgan fingerprint density at radius 2 is 1.88 bits per heavy atom. The molecule has 1 aromatic carbocycles. The van der Waals surface area contributed by atoms with Gasteiger partial charge >= 0.3 is 6.18 Å². The molecule has 0 aliphatic carbocycles. The van der Waals surface area contributed by atoms with E-state index in [1.54, 1.807) is 0 Å². The molecule has 0 unspecified atom stereocenters. The van der Waals surface area contributed by atoms with E-state index in [4.69, 9.17) is 8.94 Å². The quantitative estimate of drug-likeness (QED) is 0.746. The highest BCUT2D eigenvalue weighted by Crippen LogP contribution is 2.32. The van der Waals surface area contributed by atoms with Gasteiger partial charge in [0.1, 0.15) is 10.7 Å². The van der Waals surface area contributed by atoms with E-state index >= 15 is 0 Å². The highest BCUT2D eigenvalue weighted by Gasteiger charge is 2.31. The Labute approximate surface area is 140 Å². The van der Waals surface area contributed by atoms with Crippen molar-refractivity contribution in [3.63, 3.8) is 0 Å². The van der Waals surface area contributed by atoms with E-state index in [1.165, 1.54) is 31.3 Å². The van der Waals surface area contributed by atoms with Crippen molar-refractivity contribution in [2.45, 2.75) is 18.0 Å². The number of aryl methyl sites for hydroxylation is 1. The minimum Gasteiger partial charge on any atom is -0.456 e. The van der Waals surface area contributed by atoms with E-state index in [-0.39, 0.29) is 27.9 Å². The van der Waals surface area contributed by atoms with E-state index in [1.807, 2.05) is 0 Å². The van der Waals surface area contributed by atoms with Crippen LogP contribution in [0.1, 0.15) is 11.3 Å². The average molecular weight is 372 g/mol. The summed E-state index contributed by atoms with van der Waals surface area (Å²) in [7, 11) is -4.15. The van der Waals surface area contributed by atoms with Crippen molar-refractivity contribution in [1.82, 2.24) is 5.16 Å². The molecular formula is C15H11F3N2O4S. The number of alkyl halides is 3. The van der Waals surface area contributed by atoms with Gasteiger partial charge in [-0.15, -0.1) is 0 Å². The minimum absolute atomic E-state index is 0.0610. The molecule has 0 aliphatic heterocycles. The SMILES string of the molecule is Cc1oc(-c2ccno2)cc1S(=O)(=O)Nc1cccc(C(F)(F)F)c1. The molecule has 25 heavy (non-hydrogen) atoms. The van der Waals surface area contributed by atoms with Crippen LogP contribution in [0.15, 0.2) is 56.4 Å². The Morgan fingerprint density at radius 1 is 1.12 bits per heavy atom. The lowest BCUT2D eigenvalue weighted by Gasteiger charge is -2.10. The third-order valence-corrected chi connectivity index (χ3v) is 4.77. The Hall–Kier alpha value is -2.75. The highest BCUT2D eigenvalue weighted by atomic mass is 32.2. The lowest BCUT2D eigenvalue weighted by Crippen LogP contribution is -2.14. The summed E-state index contributed by atoms with van der Waals surface area (Å²) in [4.78, 5) is -0.212. The smallest absolute Gasteiger partial charge is 0.416 e. The van der Waals surface area contributed by atoms with Crippen molar-refractivity contribution in [2.75, 3.05) is 4.72 Å². The molecule has 3 rings (SSSR count). The number of halogens is 3. The third-order valence-electron chi connectivity index (χ3n) is 3.28. The van der Waals surface area contributed by atoms with Gasteiger partial charge in [-0.1, -0.05) is 11.2 Å². The van der Waals surface area contributed by atoms with Gasteiger partial charge < -0.3 is 8.94 Å². The molecule has 0 amide bonds. The number of hydrogen-bond donors (Lipinski definition) is 1. The van der Waals surface area contributed by atoms with E-state index in [0.29, 0.717) is 6.07 Å². The van der Waals surface area contributed by atoms with Crippen LogP contribution in [-0.4, -0.2) is 13.6 Å². The number of benzene rings is 1. The molecule has 2 aromatic heterocycles. The molecule has 132 valence electrons. The van der Waals surface area contributed by atoms with Gasteiger partial charge in [0.25, 0.3) is 10.0 Å². The van der Waals surface area contributed by atoms with Crippen molar-refractivity contribution in [3.8, 4) is 11.5 Å². The van der Waals surface area contributed by atoms with Gasteiger partial charge in [0, 0.05) is 17.8 Å². The maximum absolute atomic E-state index is 12.7. The molecule has 3 aromatic rings. The average Bonchev–Trinajstić information content (AvgIpc) is 3.15. The third kappa shape index (κ3) is 3.53. The van der Waals surface area contributed by atoms with E-state index in [2.05, 4.69) is 9.88 Å². The molecular weight excluding hydrogens is 361 g/mol. The highest BCUT2D eigenvalue weighted by molar-refractivity contribution is 7.92. The molecule has 0 saturated heterocycles. The molecule has 0 saturated carbocycles. The van der Waals surface area contributed by atoms with Crippen LogP contribution in [0.2, 0.25) is 0 Å². The topological polar surface area (TPSA) is 85.3 Å². The van der Waals surface area contributed by atoms with Crippen molar-refractivity contribution in [3.05, 3.63) is 53.9 Å². The summed E-state index contributed by atoms with van der Waals surface area (Å²) in [6.45, 7) is 1.42. The zero-order chi connectivity index (χ0) is 18.2. The second-order valence-corrected chi connectivity index (χ2v) is 6.74. The molecule has 0 bridgehead atoms. The predicted octanol–water partition coefficient (Wildman–Crippen LogP) is 4.06. The van der Waals surface area contributed by atoms with Crippen molar-refractivity contribution in [1.29, 1.82) is 0 Å². The standard InChI is InChI=1S/C15H11F3N2O4S/c1-9-14(8-13(23-9)12-5-6-19-24-12)25(21,22)20-11-4-2-3-10(7-11)15(16,17)18/h2-8,20H,1H3. The maximum Gasteiger partial charge on any atom is 0.416 e. The summed E-state index contributed by atoms with van der Waals surface area (Å²) in [5.74, 6) is 0.425. The summed E-state index contributed by atoms with van der Waals surface area (Å²) in [5, 5.41) is 3.49. The number of anilines is 1. The Balaban J connectivity index is 1.93. The summed E-state index contributed by atoms with van der Waals surface area (Å²) in [6.07, 6.45) is -3.21. The van der Waals surface area contributed by atoms with Crippen molar-refractivity contribution >= 4 is 15.7 Å². The van der Waals surface area contributed by atoms with Crippen LogP contribution < -0.4 is 4.72 Å². The molecule has 0 radical (unpaired) electrons. The Morgan fingerprint density at radius 3 is 2.52 bits per heavy atom.